The number of alkyl halides is 1. The normalized spacial score (nSPS) is 23.0. The third-order valence-corrected chi connectivity index (χ3v) is 8.91. The molecule has 5 heterocycles. The molecule has 0 bridgehead atoms. The number of ether oxygens (including phenoxy) is 1. The lowest BCUT2D eigenvalue weighted by Gasteiger charge is -2.31. The number of anilines is 1. The van der Waals surface area contributed by atoms with Gasteiger partial charge in [-0.25, -0.2) is 14.3 Å². The van der Waals surface area contributed by atoms with Gasteiger partial charge >= 0.3 is 6.01 Å². The van der Waals surface area contributed by atoms with Crippen molar-refractivity contribution in [2.45, 2.75) is 44.3 Å². The number of fused-ring (bicyclic) bond motifs is 3. The average Bonchev–Trinajstić information content (AvgIpc) is 3.37. The highest BCUT2D eigenvalue weighted by Crippen LogP contribution is 2.41. The standard InChI is InChI=1S/C31H34F2N6O3/c1-2-19-5-3-6-20-13-22(40)14-23(25(19)20)27-26(33)28-24(16-34-27)29(38-10-8-35-42-12-11-38)37-30(36-28)41-18-31-7-4-9-39(31)17-21(32)15-31/h3,5-6,13-14,16,21,35,40H,2,4,7-12,15,17-18H2,1H3/t21-,31?/m1/s1. The van der Waals surface area contributed by atoms with E-state index in [1.807, 2.05) is 30.0 Å². The second kappa shape index (κ2) is 10.9. The average molecular weight is 577 g/mol. The number of aryl methyl sites for hydroxylation is 1. The predicted molar refractivity (Wildman–Crippen MR) is 156 cm³/mol. The number of aromatic nitrogens is 3. The summed E-state index contributed by atoms with van der Waals surface area (Å²) in [4.78, 5) is 23.5. The SMILES string of the molecule is CCc1cccc2cc(O)cc(-c3ncc4c(N5CCNOCC5)nc(OCC56CCCN5C[C@H](F)C6)nc4c3F)c12. The van der Waals surface area contributed by atoms with E-state index in [1.54, 1.807) is 18.3 Å². The molecule has 2 atom stereocenters. The lowest BCUT2D eigenvalue weighted by molar-refractivity contribution is 0.0589. The maximum Gasteiger partial charge on any atom is 0.319 e. The van der Waals surface area contributed by atoms with Crippen molar-refractivity contribution in [3.63, 3.8) is 0 Å². The minimum Gasteiger partial charge on any atom is -0.508 e. The molecule has 0 radical (unpaired) electrons. The quantitative estimate of drug-likeness (QED) is 0.343. The molecular weight excluding hydrogens is 542 g/mol. The maximum absolute atomic E-state index is 16.7. The monoisotopic (exact) mass is 576 g/mol. The summed E-state index contributed by atoms with van der Waals surface area (Å²) in [5.41, 5.74) is 4.21. The Morgan fingerprint density at radius 3 is 3.00 bits per heavy atom. The summed E-state index contributed by atoms with van der Waals surface area (Å²) in [5, 5.41) is 12.6. The summed E-state index contributed by atoms with van der Waals surface area (Å²) in [6.07, 6.45) is 3.69. The zero-order chi connectivity index (χ0) is 28.8. The van der Waals surface area contributed by atoms with Crippen LogP contribution in [0, 0.1) is 5.82 Å². The highest BCUT2D eigenvalue weighted by atomic mass is 19.1. The van der Waals surface area contributed by atoms with Crippen molar-refractivity contribution < 1.29 is 23.5 Å². The molecule has 3 aliphatic heterocycles. The van der Waals surface area contributed by atoms with Crippen LogP contribution >= 0.6 is 0 Å². The van der Waals surface area contributed by atoms with E-state index in [-0.39, 0.29) is 29.6 Å². The third-order valence-electron chi connectivity index (χ3n) is 8.91. The molecule has 3 saturated heterocycles. The number of phenols is 1. The number of nitrogens with zero attached hydrogens (tertiary/aromatic N) is 5. The van der Waals surface area contributed by atoms with Crippen LogP contribution < -0.4 is 15.1 Å². The topological polar surface area (TPSA) is 95.9 Å². The van der Waals surface area contributed by atoms with Crippen LogP contribution in [0.3, 0.4) is 0 Å². The lowest BCUT2D eigenvalue weighted by atomic mass is 9.95. The van der Waals surface area contributed by atoms with Crippen molar-refractivity contribution in [3.05, 3.63) is 47.9 Å². The van der Waals surface area contributed by atoms with Crippen molar-refractivity contribution >= 4 is 27.5 Å². The number of rotatable bonds is 6. The first-order valence-corrected chi connectivity index (χ1v) is 14.7. The zero-order valence-electron chi connectivity index (χ0n) is 23.6. The highest BCUT2D eigenvalue weighted by Gasteiger charge is 2.49. The maximum atomic E-state index is 16.7. The fourth-order valence-corrected chi connectivity index (χ4v) is 6.94. The molecule has 0 aliphatic carbocycles. The molecular formula is C31H34F2N6O3. The summed E-state index contributed by atoms with van der Waals surface area (Å²) in [5.74, 6) is -0.0844. The van der Waals surface area contributed by atoms with Crippen LogP contribution in [0.25, 0.3) is 32.9 Å². The fourth-order valence-electron chi connectivity index (χ4n) is 6.94. The third kappa shape index (κ3) is 4.69. The number of hydroxylamine groups is 1. The number of hydrogen-bond donors (Lipinski definition) is 2. The van der Waals surface area contributed by atoms with Gasteiger partial charge in [0, 0.05) is 44.4 Å². The Bertz CT molecular complexity index is 1650. The summed E-state index contributed by atoms with van der Waals surface area (Å²) < 4.78 is 37.3. The first-order valence-electron chi connectivity index (χ1n) is 14.7. The van der Waals surface area contributed by atoms with Gasteiger partial charge in [0.1, 0.15) is 35.6 Å². The number of aromatic hydroxyl groups is 1. The molecule has 0 amide bonds. The molecule has 1 unspecified atom stereocenters. The highest BCUT2D eigenvalue weighted by molar-refractivity contribution is 6.01. The summed E-state index contributed by atoms with van der Waals surface area (Å²) in [7, 11) is 0. The van der Waals surface area contributed by atoms with Crippen LogP contribution in [0.5, 0.6) is 11.8 Å². The molecule has 2 N–H and O–H groups in total. The van der Waals surface area contributed by atoms with Gasteiger partial charge in [-0.3, -0.25) is 14.7 Å². The first kappa shape index (κ1) is 27.2. The van der Waals surface area contributed by atoms with Gasteiger partial charge in [0.25, 0.3) is 0 Å². The summed E-state index contributed by atoms with van der Waals surface area (Å²) >= 11 is 0. The van der Waals surface area contributed by atoms with Gasteiger partial charge in [-0.2, -0.15) is 9.97 Å². The van der Waals surface area contributed by atoms with Crippen LogP contribution in [-0.4, -0.2) is 82.6 Å². The Balaban J connectivity index is 1.36. The number of benzene rings is 2. The molecule has 7 rings (SSSR count). The van der Waals surface area contributed by atoms with E-state index in [2.05, 4.69) is 20.3 Å². The number of halogens is 2. The summed E-state index contributed by atoms with van der Waals surface area (Å²) in [6.45, 7) is 5.61. The van der Waals surface area contributed by atoms with Gasteiger partial charge in [-0.1, -0.05) is 25.1 Å². The fraction of sp³-hybridized carbons (Fsp3) is 0.452. The minimum atomic E-state index is -0.886. The van der Waals surface area contributed by atoms with Crippen molar-refractivity contribution in [2.75, 3.05) is 50.8 Å². The zero-order valence-corrected chi connectivity index (χ0v) is 23.6. The first-order chi connectivity index (χ1) is 20.5. The van der Waals surface area contributed by atoms with Crippen LogP contribution in [0.4, 0.5) is 14.6 Å². The number of hydrogen-bond acceptors (Lipinski definition) is 9. The van der Waals surface area contributed by atoms with E-state index >= 15 is 4.39 Å². The van der Waals surface area contributed by atoms with E-state index in [1.165, 1.54) is 0 Å². The molecule has 3 aliphatic rings. The van der Waals surface area contributed by atoms with Crippen LogP contribution in [0.15, 0.2) is 36.5 Å². The number of pyridine rings is 1. The molecule has 9 nitrogen and oxygen atoms in total. The van der Waals surface area contributed by atoms with Gasteiger partial charge in [-0.15, -0.1) is 0 Å². The molecule has 2 aromatic heterocycles. The van der Waals surface area contributed by atoms with Gasteiger partial charge in [-0.05, 0) is 54.3 Å². The minimum absolute atomic E-state index is 0.0274. The van der Waals surface area contributed by atoms with Crippen molar-refractivity contribution in [1.29, 1.82) is 0 Å². The van der Waals surface area contributed by atoms with E-state index in [0.29, 0.717) is 56.0 Å². The molecule has 220 valence electrons. The molecule has 11 heteroatoms. The van der Waals surface area contributed by atoms with E-state index in [9.17, 15) is 9.50 Å². The van der Waals surface area contributed by atoms with E-state index in [4.69, 9.17) is 14.6 Å². The van der Waals surface area contributed by atoms with Crippen LogP contribution in [0.2, 0.25) is 0 Å². The predicted octanol–water partition coefficient (Wildman–Crippen LogP) is 4.55. The van der Waals surface area contributed by atoms with Crippen LogP contribution in [-0.2, 0) is 11.3 Å². The smallest absolute Gasteiger partial charge is 0.319 e. The Labute approximate surface area is 242 Å². The number of nitrogens with one attached hydrogen (secondary N) is 1. The van der Waals surface area contributed by atoms with E-state index < -0.39 is 17.5 Å². The van der Waals surface area contributed by atoms with Gasteiger partial charge in [0.2, 0.25) is 0 Å². The molecule has 42 heavy (non-hydrogen) atoms. The Hall–Kier alpha value is -3.67. The van der Waals surface area contributed by atoms with Gasteiger partial charge in [0.15, 0.2) is 5.82 Å². The van der Waals surface area contributed by atoms with Gasteiger partial charge in [0.05, 0.1) is 17.5 Å². The Morgan fingerprint density at radius 2 is 2.12 bits per heavy atom. The molecule has 0 spiro atoms. The van der Waals surface area contributed by atoms with Crippen molar-refractivity contribution in [1.82, 2.24) is 25.3 Å². The van der Waals surface area contributed by atoms with Gasteiger partial charge < -0.3 is 14.7 Å². The molecule has 3 fully saturated rings. The summed E-state index contributed by atoms with van der Waals surface area (Å²) in [6, 6.07) is 9.10. The van der Waals surface area contributed by atoms with E-state index in [0.717, 1.165) is 42.1 Å². The molecule has 2 aromatic carbocycles. The molecule has 4 aromatic rings. The van der Waals surface area contributed by atoms with Crippen molar-refractivity contribution in [3.8, 4) is 23.0 Å². The largest absolute Gasteiger partial charge is 0.508 e. The lowest BCUT2D eigenvalue weighted by Crippen LogP contribution is -2.43. The Morgan fingerprint density at radius 1 is 1.21 bits per heavy atom. The van der Waals surface area contributed by atoms with Crippen LogP contribution in [0.1, 0.15) is 31.7 Å². The molecule has 0 saturated carbocycles. The Kier molecular flexibility index (Phi) is 7.03. The van der Waals surface area contributed by atoms with Crippen molar-refractivity contribution in [2.24, 2.45) is 0 Å². The number of phenolic OH excluding ortho intramolecular Hbond substituents is 1. The second-order valence-corrected chi connectivity index (χ2v) is 11.5. The second-order valence-electron chi connectivity index (χ2n) is 11.5.